The summed E-state index contributed by atoms with van der Waals surface area (Å²) in [5, 5.41) is 7.51. The summed E-state index contributed by atoms with van der Waals surface area (Å²) >= 11 is 1.02. The molecule has 1 rings (SSSR count). The standard InChI is InChI=1S/C10H16N2O4S2/c1-7(2)6-16-10(13)12-5-8-3-4-9(17-8)18(11,14)15/h3-4,7H,5-6H2,1-2H3,(H,12,13)(H2,11,14,15). The molecular formula is C10H16N2O4S2. The van der Waals surface area contributed by atoms with Gasteiger partial charge in [-0.2, -0.15) is 0 Å². The highest BCUT2D eigenvalue weighted by Crippen LogP contribution is 2.19. The van der Waals surface area contributed by atoms with Crippen LogP contribution in [0.4, 0.5) is 4.79 Å². The molecule has 0 aromatic carbocycles. The van der Waals surface area contributed by atoms with Crippen LogP contribution in [0.3, 0.4) is 0 Å². The van der Waals surface area contributed by atoms with Crippen molar-refractivity contribution in [1.82, 2.24) is 5.32 Å². The van der Waals surface area contributed by atoms with E-state index in [1.54, 1.807) is 6.07 Å². The molecule has 0 spiro atoms. The van der Waals surface area contributed by atoms with Crippen molar-refractivity contribution in [2.24, 2.45) is 11.1 Å². The maximum Gasteiger partial charge on any atom is 0.407 e. The van der Waals surface area contributed by atoms with E-state index in [0.717, 1.165) is 11.3 Å². The fourth-order valence-electron chi connectivity index (χ4n) is 1.06. The van der Waals surface area contributed by atoms with Crippen LogP contribution in [-0.2, 0) is 21.3 Å². The number of sulfonamides is 1. The maximum atomic E-state index is 11.3. The molecule has 0 unspecified atom stereocenters. The Morgan fingerprint density at radius 2 is 2.17 bits per heavy atom. The highest BCUT2D eigenvalue weighted by Gasteiger charge is 2.11. The van der Waals surface area contributed by atoms with Crippen LogP contribution < -0.4 is 10.5 Å². The molecule has 0 atom stereocenters. The quantitative estimate of drug-likeness (QED) is 0.854. The summed E-state index contributed by atoms with van der Waals surface area (Å²) in [6, 6.07) is 3.02. The number of alkyl carbamates (subject to hydrolysis) is 1. The van der Waals surface area contributed by atoms with Crippen LogP contribution in [0.2, 0.25) is 0 Å². The highest BCUT2D eigenvalue weighted by molar-refractivity contribution is 7.91. The van der Waals surface area contributed by atoms with Gasteiger partial charge in [0.1, 0.15) is 4.21 Å². The first-order chi connectivity index (χ1) is 8.29. The van der Waals surface area contributed by atoms with E-state index in [1.165, 1.54) is 6.07 Å². The summed E-state index contributed by atoms with van der Waals surface area (Å²) in [4.78, 5) is 11.9. The van der Waals surface area contributed by atoms with Crippen molar-refractivity contribution in [3.05, 3.63) is 17.0 Å². The van der Waals surface area contributed by atoms with Crippen LogP contribution in [0.5, 0.6) is 0 Å². The number of hydrogen-bond donors (Lipinski definition) is 2. The second kappa shape index (κ2) is 6.17. The average Bonchev–Trinajstić information content (AvgIpc) is 2.71. The van der Waals surface area contributed by atoms with Crippen LogP contribution in [0.15, 0.2) is 16.3 Å². The predicted molar refractivity (Wildman–Crippen MR) is 68.7 cm³/mol. The lowest BCUT2D eigenvalue weighted by molar-refractivity contribution is 0.132. The third-order valence-corrected chi connectivity index (χ3v) is 4.40. The van der Waals surface area contributed by atoms with Crippen LogP contribution in [0.1, 0.15) is 18.7 Å². The molecule has 0 aliphatic heterocycles. The van der Waals surface area contributed by atoms with Gasteiger partial charge in [0.25, 0.3) is 0 Å². The van der Waals surface area contributed by atoms with Crippen LogP contribution >= 0.6 is 11.3 Å². The molecule has 0 saturated carbocycles. The summed E-state index contributed by atoms with van der Waals surface area (Å²) < 4.78 is 27.1. The van der Waals surface area contributed by atoms with Gasteiger partial charge in [-0.3, -0.25) is 0 Å². The smallest absolute Gasteiger partial charge is 0.407 e. The minimum atomic E-state index is -3.67. The molecular weight excluding hydrogens is 276 g/mol. The molecule has 0 aliphatic carbocycles. The topological polar surface area (TPSA) is 98.5 Å². The van der Waals surface area contributed by atoms with Gasteiger partial charge < -0.3 is 10.1 Å². The zero-order chi connectivity index (χ0) is 13.8. The van der Waals surface area contributed by atoms with Crippen LogP contribution in [0, 0.1) is 5.92 Å². The molecule has 0 aliphatic rings. The van der Waals surface area contributed by atoms with Crippen molar-refractivity contribution in [2.75, 3.05) is 6.61 Å². The van der Waals surface area contributed by atoms with Crippen molar-refractivity contribution in [1.29, 1.82) is 0 Å². The number of rotatable bonds is 5. The third kappa shape index (κ3) is 5.03. The molecule has 102 valence electrons. The number of ether oxygens (including phenoxy) is 1. The lowest BCUT2D eigenvalue weighted by Gasteiger charge is -2.07. The molecule has 3 N–H and O–H groups in total. The number of thiophene rings is 1. The number of amides is 1. The first-order valence-corrected chi connectivity index (χ1v) is 7.67. The van der Waals surface area contributed by atoms with Gasteiger partial charge in [-0.1, -0.05) is 13.8 Å². The molecule has 0 saturated heterocycles. The van der Waals surface area contributed by atoms with Gasteiger partial charge >= 0.3 is 6.09 Å². The number of nitrogens with one attached hydrogen (secondary N) is 1. The van der Waals surface area contributed by atoms with Crippen molar-refractivity contribution in [2.45, 2.75) is 24.6 Å². The summed E-state index contributed by atoms with van der Waals surface area (Å²) in [5.74, 6) is 0.270. The van der Waals surface area contributed by atoms with Crippen LogP contribution in [-0.4, -0.2) is 21.1 Å². The molecule has 8 heteroatoms. The predicted octanol–water partition coefficient (Wildman–Crippen LogP) is 1.28. The average molecular weight is 292 g/mol. The van der Waals surface area contributed by atoms with Crippen molar-refractivity contribution in [3.63, 3.8) is 0 Å². The summed E-state index contributed by atoms with van der Waals surface area (Å²) in [6.45, 7) is 4.44. The first kappa shape index (κ1) is 14.9. The van der Waals surface area contributed by atoms with E-state index < -0.39 is 16.1 Å². The number of hydrogen-bond acceptors (Lipinski definition) is 5. The van der Waals surface area contributed by atoms with Gasteiger partial charge in [-0.05, 0) is 18.1 Å². The lowest BCUT2D eigenvalue weighted by Crippen LogP contribution is -2.24. The SMILES string of the molecule is CC(C)COC(=O)NCc1ccc(S(N)(=O)=O)s1. The Balaban J connectivity index is 2.45. The lowest BCUT2D eigenvalue weighted by atomic mass is 10.2. The Morgan fingerprint density at radius 3 is 2.67 bits per heavy atom. The van der Waals surface area contributed by atoms with E-state index in [1.807, 2.05) is 13.8 Å². The van der Waals surface area contributed by atoms with E-state index >= 15 is 0 Å². The maximum absolute atomic E-state index is 11.3. The second-order valence-electron chi connectivity index (χ2n) is 4.11. The van der Waals surface area contributed by atoms with Crippen molar-refractivity contribution in [3.8, 4) is 0 Å². The second-order valence-corrected chi connectivity index (χ2v) is 7.07. The molecule has 0 fully saturated rings. The van der Waals surface area contributed by atoms with Gasteiger partial charge in [0.05, 0.1) is 13.2 Å². The highest BCUT2D eigenvalue weighted by atomic mass is 32.2. The van der Waals surface area contributed by atoms with E-state index in [9.17, 15) is 13.2 Å². The molecule has 1 aromatic rings. The minimum Gasteiger partial charge on any atom is -0.449 e. The van der Waals surface area contributed by atoms with Gasteiger partial charge in [0, 0.05) is 4.88 Å². The Kier molecular flexibility index (Phi) is 5.12. The first-order valence-electron chi connectivity index (χ1n) is 5.31. The summed E-state index contributed by atoms with van der Waals surface area (Å²) in [7, 11) is -3.67. The largest absolute Gasteiger partial charge is 0.449 e. The Bertz CT molecular complexity index is 508. The number of carbonyl (C=O) groups is 1. The van der Waals surface area contributed by atoms with E-state index in [2.05, 4.69) is 5.32 Å². The fourth-order valence-corrected chi connectivity index (χ4v) is 2.78. The zero-order valence-electron chi connectivity index (χ0n) is 10.2. The number of carbonyl (C=O) groups excluding carboxylic acids is 1. The number of primary sulfonamides is 1. The van der Waals surface area contributed by atoms with E-state index in [0.29, 0.717) is 11.5 Å². The molecule has 18 heavy (non-hydrogen) atoms. The molecule has 0 radical (unpaired) electrons. The molecule has 0 bridgehead atoms. The minimum absolute atomic E-state index is 0.0786. The summed E-state index contributed by atoms with van der Waals surface area (Å²) in [6.07, 6.45) is -0.519. The molecule has 1 heterocycles. The normalized spacial score (nSPS) is 11.6. The van der Waals surface area contributed by atoms with Gasteiger partial charge in [-0.25, -0.2) is 18.4 Å². The summed E-state index contributed by atoms with van der Waals surface area (Å²) in [5.41, 5.74) is 0. The van der Waals surface area contributed by atoms with Gasteiger partial charge in [-0.15, -0.1) is 11.3 Å². The zero-order valence-corrected chi connectivity index (χ0v) is 11.8. The third-order valence-electron chi connectivity index (χ3n) is 1.87. The Morgan fingerprint density at radius 1 is 1.50 bits per heavy atom. The van der Waals surface area contributed by atoms with Crippen molar-refractivity contribution < 1.29 is 17.9 Å². The molecule has 6 nitrogen and oxygen atoms in total. The van der Waals surface area contributed by atoms with Crippen LogP contribution in [0.25, 0.3) is 0 Å². The fraction of sp³-hybridized carbons (Fsp3) is 0.500. The van der Waals surface area contributed by atoms with E-state index in [4.69, 9.17) is 9.88 Å². The Hall–Kier alpha value is -1.12. The molecule has 1 amide bonds. The van der Waals surface area contributed by atoms with Gasteiger partial charge in [0.2, 0.25) is 10.0 Å². The Labute approximate surface area is 110 Å². The number of nitrogens with two attached hydrogens (primary N) is 1. The monoisotopic (exact) mass is 292 g/mol. The molecule has 1 aromatic heterocycles. The van der Waals surface area contributed by atoms with E-state index in [-0.39, 0.29) is 16.7 Å². The van der Waals surface area contributed by atoms with Crippen molar-refractivity contribution >= 4 is 27.5 Å². The van der Waals surface area contributed by atoms with Gasteiger partial charge in [0.15, 0.2) is 0 Å².